The molecule has 0 aromatic heterocycles. The third-order valence-electron chi connectivity index (χ3n) is 3.71. The van der Waals surface area contributed by atoms with Crippen LogP contribution in [-0.4, -0.2) is 6.61 Å². The topological polar surface area (TPSA) is 26.3 Å². The van der Waals surface area contributed by atoms with Crippen LogP contribution in [0, 0.1) is 0 Å². The predicted molar refractivity (Wildman–Crippen MR) is 94.5 cm³/mol. The lowest BCUT2D eigenvalue weighted by molar-refractivity contribution is 0.314. The third-order valence-corrected chi connectivity index (χ3v) is 6.22. The maximum Gasteiger partial charge on any atom is 0.261 e. The highest BCUT2D eigenvalue weighted by atomic mass is 31.2. The second-order valence-electron chi connectivity index (χ2n) is 5.47. The fourth-order valence-electron chi connectivity index (χ4n) is 2.45. The molecule has 0 unspecified atom stereocenters. The summed E-state index contributed by atoms with van der Waals surface area (Å²) in [7, 11) is -2.98. The van der Waals surface area contributed by atoms with Crippen LogP contribution in [-0.2, 0) is 9.09 Å². The van der Waals surface area contributed by atoms with Crippen molar-refractivity contribution >= 4 is 18.0 Å². The SMILES string of the molecule is CCCCCCCOP(=O)(c1ccccc1)c1ccccc1. The molecular weight excluding hydrogens is 291 g/mol. The zero-order valence-electron chi connectivity index (χ0n) is 13.3. The summed E-state index contributed by atoms with van der Waals surface area (Å²) in [6.07, 6.45) is 5.81. The minimum atomic E-state index is -2.98. The van der Waals surface area contributed by atoms with Gasteiger partial charge in [-0.15, -0.1) is 0 Å². The summed E-state index contributed by atoms with van der Waals surface area (Å²) in [5.41, 5.74) is 0. The molecule has 0 aliphatic rings. The molecule has 0 atom stereocenters. The van der Waals surface area contributed by atoms with Crippen LogP contribution in [0.1, 0.15) is 39.0 Å². The van der Waals surface area contributed by atoms with Gasteiger partial charge in [-0.3, -0.25) is 4.57 Å². The lowest BCUT2D eigenvalue weighted by atomic mass is 10.2. The molecule has 2 aromatic rings. The van der Waals surface area contributed by atoms with E-state index < -0.39 is 7.37 Å². The highest BCUT2D eigenvalue weighted by Crippen LogP contribution is 2.44. The summed E-state index contributed by atoms with van der Waals surface area (Å²) in [4.78, 5) is 0. The minimum absolute atomic E-state index is 0.546. The van der Waals surface area contributed by atoms with E-state index in [0.717, 1.165) is 23.5 Å². The second kappa shape index (κ2) is 8.92. The molecule has 2 nitrogen and oxygen atoms in total. The first kappa shape index (κ1) is 17.0. The van der Waals surface area contributed by atoms with Gasteiger partial charge in [-0.1, -0.05) is 69.0 Å². The fraction of sp³-hybridized carbons (Fsp3) is 0.368. The van der Waals surface area contributed by atoms with E-state index in [1.54, 1.807) is 0 Å². The number of hydrogen-bond acceptors (Lipinski definition) is 2. The van der Waals surface area contributed by atoms with Gasteiger partial charge in [0.2, 0.25) is 0 Å². The van der Waals surface area contributed by atoms with E-state index in [9.17, 15) is 4.57 Å². The van der Waals surface area contributed by atoms with E-state index in [1.807, 2.05) is 60.7 Å². The molecule has 3 heteroatoms. The molecule has 0 spiro atoms. The van der Waals surface area contributed by atoms with E-state index >= 15 is 0 Å². The lowest BCUT2D eigenvalue weighted by Crippen LogP contribution is -2.18. The van der Waals surface area contributed by atoms with Gasteiger partial charge in [0.05, 0.1) is 6.61 Å². The molecule has 0 fully saturated rings. The van der Waals surface area contributed by atoms with Gasteiger partial charge >= 0.3 is 0 Å². The van der Waals surface area contributed by atoms with Gasteiger partial charge in [-0.2, -0.15) is 0 Å². The molecule has 118 valence electrons. The molecule has 0 radical (unpaired) electrons. The first-order chi connectivity index (χ1) is 10.8. The molecule has 0 saturated heterocycles. The lowest BCUT2D eigenvalue weighted by Gasteiger charge is -2.19. The van der Waals surface area contributed by atoms with Crippen molar-refractivity contribution < 1.29 is 9.09 Å². The summed E-state index contributed by atoms with van der Waals surface area (Å²) in [6, 6.07) is 19.1. The van der Waals surface area contributed by atoms with Crippen molar-refractivity contribution in [3.8, 4) is 0 Å². The first-order valence-electron chi connectivity index (χ1n) is 8.13. The van der Waals surface area contributed by atoms with Gasteiger partial charge in [0.15, 0.2) is 0 Å². The molecule has 0 heterocycles. The zero-order valence-corrected chi connectivity index (χ0v) is 14.2. The summed E-state index contributed by atoms with van der Waals surface area (Å²) in [5, 5.41) is 1.55. The zero-order chi connectivity index (χ0) is 15.7. The van der Waals surface area contributed by atoms with Crippen molar-refractivity contribution in [2.75, 3.05) is 6.61 Å². The number of rotatable bonds is 9. The van der Waals surface area contributed by atoms with Gasteiger partial charge < -0.3 is 4.52 Å². The summed E-state index contributed by atoms with van der Waals surface area (Å²) in [6.45, 7) is 2.75. The molecule has 0 aliphatic carbocycles. The molecule has 2 aromatic carbocycles. The van der Waals surface area contributed by atoms with Crippen LogP contribution in [0.3, 0.4) is 0 Å². The summed E-state index contributed by atoms with van der Waals surface area (Å²) in [5.74, 6) is 0. The van der Waals surface area contributed by atoms with Crippen LogP contribution in [0.5, 0.6) is 0 Å². The fourth-order valence-corrected chi connectivity index (χ4v) is 4.56. The smallest absolute Gasteiger partial charge is 0.261 e. The quantitative estimate of drug-likeness (QED) is 0.486. The Kier molecular flexibility index (Phi) is 6.89. The molecule has 22 heavy (non-hydrogen) atoms. The largest absolute Gasteiger partial charge is 0.322 e. The number of unbranched alkanes of at least 4 members (excludes halogenated alkanes) is 4. The number of benzene rings is 2. The number of hydrogen-bond donors (Lipinski definition) is 0. The Labute approximate surface area is 134 Å². The van der Waals surface area contributed by atoms with E-state index in [2.05, 4.69) is 6.92 Å². The monoisotopic (exact) mass is 316 g/mol. The Morgan fingerprint density at radius 1 is 0.773 bits per heavy atom. The highest BCUT2D eigenvalue weighted by molar-refractivity contribution is 7.74. The molecular formula is C19H25O2P. The standard InChI is InChI=1S/C19H25O2P/c1-2-3-4-5-12-17-21-22(20,18-13-8-6-9-14-18)19-15-10-7-11-16-19/h6-11,13-16H,2-5,12,17H2,1H3. The van der Waals surface area contributed by atoms with Crippen LogP contribution >= 0.6 is 7.37 Å². The summed E-state index contributed by atoms with van der Waals surface area (Å²) < 4.78 is 19.4. The highest BCUT2D eigenvalue weighted by Gasteiger charge is 2.27. The van der Waals surface area contributed by atoms with Crippen LogP contribution in [0.15, 0.2) is 60.7 Å². The van der Waals surface area contributed by atoms with Crippen molar-refractivity contribution in [1.29, 1.82) is 0 Å². The van der Waals surface area contributed by atoms with E-state index in [4.69, 9.17) is 4.52 Å². The summed E-state index contributed by atoms with van der Waals surface area (Å²) >= 11 is 0. The average Bonchev–Trinajstić information content (AvgIpc) is 2.59. The second-order valence-corrected chi connectivity index (χ2v) is 7.86. The Bertz CT molecular complexity index is 537. The van der Waals surface area contributed by atoms with Gasteiger partial charge in [0, 0.05) is 10.6 Å². The maximum atomic E-state index is 13.5. The van der Waals surface area contributed by atoms with E-state index in [1.165, 1.54) is 19.3 Å². The Morgan fingerprint density at radius 3 is 1.77 bits per heavy atom. The van der Waals surface area contributed by atoms with Gasteiger partial charge in [-0.05, 0) is 30.7 Å². The van der Waals surface area contributed by atoms with Crippen LogP contribution in [0.4, 0.5) is 0 Å². The predicted octanol–water partition coefficient (Wildman–Crippen LogP) is 4.90. The molecule has 0 amide bonds. The van der Waals surface area contributed by atoms with Gasteiger partial charge in [0.25, 0.3) is 7.37 Å². The Hall–Kier alpha value is -1.37. The van der Waals surface area contributed by atoms with Crippen molar-refractivity contribution in [2.45, 2.75) is 39.0 Å². The van der Waals surface area contributed by atoms with Crippen LogP contribution in [0.2, 0.25) is 0 Å². The van der Waals surface area contributed by atoms with Crippen LogP contribution < -0.4 is 10.6 Å². The van der Waals surface area contributed by atoms with Gasteiger partial charge in [-0.25, -0.2) is 0 Å². The molecule has 0 saturated carbocycles. The van der Waals surface area contributed by atoms with E-state index in [0.29, 0.717) is 6.61 Å². The molecule has 0 bridgehead atoms. The maximum absolute atomic E-state index is 13.5. The third kappa shape index (κ3) is 4.56. The normalized spacial score (nSPS) is 11.5. The Balaban J connectivity index is 2.09. The van der Waals surface area contributed by atoms with Crippen molar-refractivity contribution in [3.63, 3.8) is 0 Å². The van der Waals surface area contributed by atoms with Crippen LogP contribution in [0.25, 0.3) is 0 Å². The average molecular weight is 316 g/mol. The van der Waals surface area contributed by atoms with E-state index in [-0.39, 0.29) is 0 Å². The molecule has 0 N–H and O–H groups in total. The molecule has 2 rings (SSSR count). The molecule has 0 aliphatic heterocycles. The van der Waals surface area contributed by atoms with Crippen molar-refractivity contribution in [1.82, 2.24) is 0 Å². The van der Waals surface area contributed by atoms with Gasteiger partial charge in [0.1, 0.15) is 0 Å². The van der Waals surface area contributed by atoms with Crippen molar-refractivity contribution in [2.24, 2.45) is 0 Å². The van der Waals surface area contributed by atoms with Crippen molar-refractivity contribution in [3.05, 3.63) is 60.7 Å². The first-order valence-corrected chi connectivity index (χ1v) is 9.75. The minimum Gasteiger partial charge on any atom is -0.322 e. The Morgan fingerprint density at radius 2 is 1.27 bits per heavy atom.